The van der Waals surface area contributed by atoms with E-state index in [4.69, 9.17) is 5.73 Å². The fourth-order valence-corrected chi connectivity index (χ4v) is 4.56. The van der Waals surface area contributed by atoms with Gasteiger partial charge >= 0.3 is 6.18 Å². The fraction of sp³-hybridized carbons (Fsp3) is 1.00. The van der Waals surface area contributed by atoms with Crippen LogP contribution < -0.4 is 5.73 Å². The molecule has 3 rings (SSSR count). The van der Waals surface area contributed by atoms with Gasteiger partial charge < -0.3 is 10.8 Å². The first kappa shape index (κ1) is 12.7. The number of likely N-dealkylation sites (tertiary alicyclic amines) is 1. The molecule has 1 saturated heterocycles. The van der Waals surface area contributed by atoms with Crippen molar-refractivity contribution in [3.63, 3.8) is 0 Å². The Hall–Kier alpha value is -0.330. The van der Waals surface area contributed by atoms with Crippen LogP contribution in [0.15, 0.2) is 0 Å². The van der Waals surface area contributed by atoms with Crippen LogP contribution in [0.1, 0.15) is 19.8 Å². The summed E-state index contributed by atoms with van der Waals surface area (Å²) in [5.41, 5.74) is 5.55. The van der Waals surface area contributed by atoms with E-state index in [2.05, 4.69) is 0 Å². The normalized spacial score (nSPS) is 46.7. The van der Waals surface area contributed by atoms with Crippen molar-refractivity contribution in [2.24, 2.45) is 23.5 Å². The van der Waals surface area contributed by atoms with Crippen molar-refractivity contribution in [2.45, 2.75) is 50.2 Å². The third-order valence-corrected chi connectivity index (χ3v) is 5.08. The van der Waals surface area contributed by atoms with E-state index in [1.165, 1.54) is 11.8 Å². The van der Waals surface area contributed by atoms with E-state index in [9.17, 15) is 18.3 Å². The van der Waals surface area contributed by atoms with Crippen LogP contribution in [0, 0.1) is 17.8 Å². The summed E-state index contributed by atoms with van der Waals surface area (Å²) in [5, 5.41) is 10.1. The van der Waals surface area contributed by atoms with E-state index in [1.807, 2.05) is 0 Å². The molecule has 3 fully saturated rings. The lowest BCUT2D eigenvalue weighted by atomic mass is 9.88. The molecule has 0 aromatic rings. The highest BCUT2D eigenvalue weighted by Crippen LogP contribution is 2.56. The summed E-state index contributed by atoms with van der Waals surface area (Å²) in [6.07, 6.45) is -3.16. The zero-order chi connectivity index (χ0) is 13.2. The summed E-state index contributed by atoms with van der Waals surface area (Å²) in [6.45, 7) is 1.84. The first-order valence-corrected chi connectivity index (χ1v) is 6.57. The minimum absolute atomic E-state index is 0.206. The fourth-order valence-electron chi connectivity index (χ4n) is 4.56. The summed E-state index contributed by atoms with van der Waals surface area (Å²) in [7, 11) is 0. The minimum atomic E-state index is -4.32. The van der Waals surface area contributed by atoms with E-state index in [1.54, 1.807) is 0 Å². The van der Waals surface area contributed by atoms with Crippen LogP contribution in [0.3, 0.4) is 0 Å². The van der Waals surface area contributed by atoms with Crippen LogP contribution in [0.4, 0.5) is 13.2 Å². The van der Waals surface area contributed by atoms with Gasteiger partial charge in [-0.3, -0.25) is 4.90 Å². The third-order valence-electron chi connectivity index (χ3n) is 5.08. The van der Waals surface area contributed by atoms with E-state index >= 15 is 0 Å². The van der Waals surface area contributed by atoms with Gasteiger partial charge in [0.1, 0.15) is 6.04 Å². The maximum atomic E-state index is 13.1. The van der Waals surface area contributed by atoms with Crippen molar-refractivity contribution in [3.05, 3.63) is 0 Å². The number of aliphatic hydroxyl groups is 1. The predicted molar refractivity (Wildman–Crippen MR) is 59.7 cm³/mol. The molecule has 2 bridgehead atoms. The number of alkyl halides is 3. The van der Waals surface area contributed by atoms with Gasteiger partial charge in [0.05, 0.1) is 6.10 Å². The molecule has 0 amide bonds. The Kier molecular flexibility index (Phi) is 2.70. The lowest BCUT2D eigenvalue weighted by Gasteiger charge is -2.37. The number of hydrogen-bond donors (Lipinski definition) is 2. The largest absolute Gasteiger partial charge is 0.405 e. The Labute approximate surface area is 104 Å². The number of halogens is 3. The lowest BCUT2D eigenvalue weighted by Crippen LogP contribution is -2.58. The average Bonchev–Trinajstić information content (AvgIpc) is 2.75. The van der Waals surface area contributed by atoms with Gasteiger partial charge in [0.2, 0.25) is 0 Å². The van der Waals surface area contributed by atoms with Crippen LogP contribution in [-0.4, -0.2) is 47.0 Å². The molecule has 6 heteroatoms. The molecule has 0 aromatic carbocycles. The zero-order valence-electron chi connectivity index (χ0n) is 10.3. The first-order valence-electron chi connectivity index (χ1n) is 6.57. The van der Waals surface area contributed by atoms with Gasteiger partial charge in [-0.2, -0.15) is 13.2 Å². The Morgan fingerprint density at radius 2 is 1.94 bits per heavy atom. The van der Waals surface area contributed by atoms with Crippen LogP contribution in [0.5, 0.6) is 0 Å². The van der Waals surface area contributed by atoms with Gasteiger partial charge in [0.25, 0.3) is 0 Å². The molecule has 0 radical (unpaired) electrons. The SMILES string of the molecule is CC(N)C(N1CC2CC3CC2C1C3O)C(F)(F)F. The predicted octanol–water partition coefficient (Wildman–Crippen LogP) is 0.966. The molecule has 0 aromatic heterocycles. The maximum absolute atomic E-state index is 13.1. The van der Waals surface area contributed by atoms with Crippen molar-refractivity contribution in [2.75, 3.05) is 6.54 Å². The molecule has 0 spiro atoms. The van der Waals surface area contributed by atoms with E-state index in [-0.39, 0.29) is 17.9 Å². The van der Waals surface area contributed by atoms with Crippen LogP contribution in [0.2, 0.25) is 0 Å². The van der Waals surface area contributed by atoms with Crippen LogP contribution >= 0.6 is 0 Å². The van der Waals surface area contributed by atoms with Gasteiger partial charge in [0, 0.05) is 18.6 Å². The minimum Gasteiger partial charge on any atom is -0.391 e. The quantitative estimate of drug-likeness (QED) is 0.781. The van der Waals surface area contributed by atoms with Gasteiger partial charge in [0.15, 0.2) is 0 Å². The molecule has 7 unspecified atom stereocenters. The summed E-state index contributed by atoms with van der Waals surface area (Å²) in [5.74, 6) is 0.776. The number of nitrogens with zero attached hydrogens (tertiary/aromatic N) is 1. The number of hydrogen-bond acceptors (Lipinski definition) is 3. The molecule has 18 heavy (non-hydrogen) atoms. The molecule has 104 valence electrons. The summed E-state index contributed by atoms with van der Waals surface area (Å²) < 4.78 is 39.4. The smallest absolute Gasteiger partial charge is 0.391 e. The maximum Gasteiger partial charge on any atom is 0.405 e. The Morgan fingerprint density at radius 1 is 1.28 bits per heavy atom. The molecule has 1 aliphatic heterocycles. The van der Waals surface area contributed by atoms with Gasteiger partial charge in [-0.15, -0.1) is 0 Å². The average molecular weight is 264 g/mol. The first-order chi connectivity index (χ1) is 8.30. The monoisotopic (exact) mass is 264 g/mol. The molecule has 2 aliphatic carbocycles. The van der Waals surface area contributed by atoms with Crippen molar-refractivity contribution < 1.29 is 18.3 Å². The van der Waals surface area contributed by atoms with E-state index in [0.717, 1.165) is 12.8 Å². The lowest BCUT2D eigenvalue weighted by molar-refractivity contribution is -0.194. The molecule has 3 nitrogen and oxygen atoms in total. The van der Waals surface area contributed by atoms with Crippen molar-refractivity contribution in [3.8, 4) is 0 Å². The molecule has 1 heterocycles. The van der Waals surface area contributed by atoms with Crippen molar-refractivity contribution in [1.82, 2.24) is 4.90 Å². The van der Waals surface area contributed by atoms with Gasteiger partial charge in [-0.05, 0) is 37.5 Å². The Balaban J connectivity index is 1.89. The molecule has 7 atom stereocenters. The molecular formula is C12H19F3N2O. The summed E-state index contributed by atoms with van der Waals surface area (Å²) in [6, 6.07) is -2.92. The second kappa shape index (κ2) is 3.84. The standard InChI is InChI=1S/C12H19F3N2O/c1-5(16)11(12(13,14)15)17-4-7-2-6-3-8(7)9(17)10(6)18/h5-11,18H,2-4,16H2,1H3. The number of aliphatic hydroxyl groups excluding tert-OH is 1. The topological polar surface area (TPSA) is 49.5 Å². The number of nitrogens with two attached hydrogens (primary N) is 1. The second-order valence-corrected chi connectivity index (χ2v) is 6.18. The van der Waals surface area contributed by atoms with Crippen molar-refractivity contribution in [1.29, 1.82) is 0 Å². The van der Waals surface area contributed by atoms with Gasteiger partial charge in [-0.25, -0.2) is 0 Å². The van der Waals surface area contributed by atoms with Gasteiger partial charge in [-0.1, -0.05) is 0 Å². The molecule has 3 N–H and O–H groups in total. The van der Waals surface area contributed by atoms with Crippen molar-refractivity contribution >= 4 is 0 Å². The molecular weight excluding hydrogens is 245 g/mol. The molecule has 3 aliphatic rings. The Bertz CT molecular complexity index is 345. The number of fused-ring (bicyclic) bond motifs is 1. The van der Waals surface area contributed by atoms with E-state index < -0.39 is 24.4 Å². The third kappa shape index (κ3) is 1.62. The Morgan fingerprint density at radius 3 is 2.44 bits per heavy atom. The highest BCUT2D eigenvalue weighted by molar-refractivity contribution is 5.13. The van der Waals surface area contributed by atoms with Crippen LogP contribution in [-0.2, 0) is 0 Å². The summed E-state index contributed by atoms with van der Waals surface area (Å²) in [4.78, 5) is 1.44. The zero-order valence-corrected chi connectivity index (χ0v) is 10.3. The highest BCUT2D eigenvalue weighted by atomic mass is 19.4. The molecule has 2 saturated carbocycles. The summed E-state index contributed by atoms with van der Waals surface area (Å²) >= 11 is 0. The van der Waals surface area contributed by atoms with E-state index in [0.29, 0.717) is 12.5 Å². The highest BCUT2D eigenvalue weighted by Gasteiger charge is 2.63. The number of rotatable bonds is 2. The second-order valence-electron chi connectivity index (χ2n) is 6.18. The van der Waals surface area contributed by atoms with Crippen LogP contribution in [0.25, 0.3) is 0 Å².